The SMILES string of the molecule is Cn1cnc2c(ncn2[C@H]2C[C@H](O)[C@@H](COP(=O)(O)O)O2)c1=N. The van der Waals surface area contributed by atoms with Gasteiger partial charge in [0.1, 0.15) is 17.8 Å². The zero-order chi connectivity index (χ0) is 16.8. The van der Waals surface area contributed by atoms with Gasteiger partial charge >= 0.3 is 7.82 Å². The first-order chi connectivity index (χ1) is 10.8. The van der Waals surface area contributed by atoms with Gasteiger partial charge in [0.25, 0.3) is 0 Å². The van der Waals surface area contributed by atoms with Gasteiger partial charge in [0.15, 0.2) is 11.1 Å². The number of hydrogen-bond donors (Lipinski definition) is 4. The number of ether oxygens (including phenoxy) is 1. The summed E-state index contributed by atoms with van der Waals surface area (Å²) in [6.45, 7) is -0.430. The van der Waals surface area contributed by atoms with Gasteiger partial charge in [-0.15, -0.1) is 0 Å². The van der Waals surface area contributed by atoms with Gasteiger partial charge in [0, 0.05) is 13.5 Å². The van der Waals surface area contributed by atoms with Crippen LogP contribution in [0.1, 0.15) is 12.6 Å². The zero-order valence-corrected chi connectivity index (χ0v) is 13.0. The van der Waals surface area contributed by atoms with E-state index in [1.54, 1.807) is 11.6 Å². The molecule has 23 heavy (non-hydrogen) atoms. The molecule has 3 atom stereocenters. The molecule has 0 saturated carbocycles. The lowest BCUT2D eigenvalue weighted by Crippen LogP contribution is -2.25. The highest BCUT2D eigenvalue weighted by Crippen LogP contribution is 2.38. The molecule has 3 heterocycles. The molecule has 2 aromatic rings. The Morgan fingerprint density at radius 2 is 2.22 bits per heavy atom. The topological polar surface area (TPSA) is 156 Å². The van der Waals surface area contributed by atoms with Crippen molar-refractivity contribution >= 4 is 19.0 Å². The first-order valence-electron chi connectivity index (χ1n) is 6.72. The molecule has 1 saturated heterocycles. The highest BCUT2D eigenvalue weighted by atomic mass is 31.2. The number of rotatable bonds is 4. The second-order valence-corrected chi connectivity index (χ2v) is 6.49. The number of aryl methyl sites for hydroxylation is 1. The van der Waals surface area contributed by atoms with Gasteiger partial charge in [0.2, 0.25) is 0 Å². The number of phosphoric ester groups is 1. The lowest BCUT2D eigenvalue weighted by Gasteiger charge is -2.16. The monoisotopic (exact) mass is 345 g/mol. The summed E-state index contributed by atoms with van der Waals surface area (Å²) in [5.74, 6) is 0. The van der Waals surface area contributed by atoms with Crippen molar-refractivity contribution in [3.05, 3.63) is 18.1 Å². The number of nitrogens with zero attached hydrogens (tertiary/aromatic N) is 4. The molecule has 2 aromatic heterocycles. The Balaban J connectivity index is 1.82. The van der Waals surface area contributed by atoms with Crippen LogP contribution in [0.3, 0.4) is 0 Å². The van der Waals surface area contributed by atoms with Gasteiger partial charge in [-0.25, -0.2) is 14.5 Å². The Labute approximate surface area is 129 Å². The van der Waals surface area contributed by atoms with Crippen LogP contribution in [0.5, 0.6) is 0 Å². The summed E-state index contributed by atoms with van der Waals surface area (Å²) in [5.41, 5.74) is 1.01. The summed E-state index contributed by atoms with van der Waals surface area (Å²) in [7, 11) is -2.95. The van der Waals surface area contributed by atoms with E-state index >= 15 is 0 Å². The minimum Gasteiger partial charge on any atom is -0.390 e. The molecule has 1 fully saturated rings. The van der Waals surface area contributed by atoms with Crippen molar-refractivity contribution in [2.75, 3.05) is 6.61 Å². The smallest absolute Gasteiger partial charge is 0.390 e. The van der Waals surface area contributed by atoms with Crippen molar-refractivity contribution in [3.63, 3.8) is 0 Å². The number of fused-ring (bicyclic) bond motifs is 1. The summed E-state index contributed by atoms with van der Waals surface area (Å²) in [6, 6.07) is 0. The molecule has 1 aliphatic rings. The van der Waals surface area contributed by atoms with E-state index < -0.39 is 32.9 Å². The molecular formula is C11H16N5O6P. The number of hydrogen-bond acceptors (Lipinski definition) is 7. The summed E-state index contributed by atoms with van der Waals surface area (Å²) < 4.78 is 23.8. The summed E-state index contributed by atoms with van der Waals surface area (Å²) in [4.78, 5) is 25.8. The molecule has 126 valence electrons. The van der Waals surface area contributed by atoms with Gasteiger partial charge < -0.3 is 24.2 Å². The normalized spacial score (nSPS) is 25.3. The van der Waals surface area contributed by atoms with E-state index in [9.17, 15) is 9.67 Å². The molecule has 3 rings (SSSR count). The van der Waals surface area contributed by atoms with Crippen LogP contribution in [-0.2, 0) is 20.9 Å². The van der Waals surface area contributed by atoms with E-state index in [0.29, 0.717) is 11.2 Å². The Bertz CT molecular complexity index is 828. The number of aromatic nitrogens is 4. The minimum atomic E-state index is -4.63. The molecule has 0 amide bonds. The van der Waals surface area contributed by atoms with Gasteiger partial charge in [-0.05, 0) is 0 Å². The lowest BCUT2D eigenvalue weighted by atomic mass is 10.2. The van der Waals surface area contributed by atoms with Crippen molar-refractivity contribution in [3.8, 4) is 0 Å². The van der Waals surface area contributed by atoms with Crippen LogP contribution in [0.2, 0.25) is 0 Å². The molecule has 0 aliphatic carbocycles. The Morgan fingerprint density at radius 3 is 2.91 bits per heavy atom. The van der Waals surface area contributed by atoms with Crippen LogP contribution >= 0.6 is 7.82 Å². The maximum absolute atomic E-state index is 10.7. The van der Waals surface area contributed by atoms with Crippen LogP contribution in [-0.4, -0.2) is 52.8 Å². The van der Waals surface area contributed by atoms with Gasteiger partial charge in [0.05, 0.1) is 25.4 Å². The second kappa shape index (κ2) is 5.78. The van der Waals surface area contributed by atoms with Gasteiger partial charge in [-0.2, -0.15) is 0 Å². The molecule has 0 radical (unpaired) electrons. The zero-order valence-electron chi connectivity index (χ0n) is 12.1. The van der Waals surface area contributed by atoms with Crippen LogP contribution < -0.4 is 5.49 Å². The standard InChI is InChI=1S/C11H16N5O6P/c1-15-4-14-11-9(10(15)12)13-5-16(11)8-2-6(17)7(22-8)3-21-23(18,19)20/h4-8,12,17H,2-3H2,1H3,(H2,18,19,20)/t6-,7+,8+/m0/s1. The van der Waals surface area contributed by atoms with E-state index in [0.717, 1.165) is 0 Å². The Kier molecular flexibility index (Phi) is 4.08. The van der Waals surface area contributed by atoms with Crippen LogP contribution in [0.15, 0.2) is 12.7 Å². The van der Waals surface area contributed by atoms with E-state index in [1.807, 2.05) is 0 Å². The first kappa shape index (κ1) is 16.2. The van der Waals surface area contributed by atoms with Crippen molar-refractivity contribution in [2.24, 2.45) is 7.05 Å². The molecule has 0 unspecified atom stereocenters. The third kappa shape index (κ3) is 3.20. The molecule has 1 aliphatic heterocycles. The average Bonchev–Trinajstić information content (AvgIpc) is 3.04. The summed E-state index contributed by atoms with van der Waals surface area (Å²) in [6.07, 6.45) is 0.693. The van der Waals surface area contributed by atoms with E-state index in [1.165, 1.54) is 17.2 Å². The third-order valence-corrected chi connectivity index (χ3v) is 4.10. The minimum absolute atomic E-state index is 0.189. The largest absolute Gasteiger partial charge is 0.469 e. The highest BCUT2D eigenvalue weighted by molar-refractivity contribution is 7.46. The van der Waals surface area contributed by atoms with Crippen molar-refractivity contribution in [2.45, 2.75) is 24.9 Å². The van der Waals surface area contributed by atoms with Crippen molar-refractivity contribution in [1.82, 2.24) is 19.1 Å². The van der Waals surface area contributed by atoms with Crippen molar-refractivity contribution in [1.29, 1.82) is 5.41 Å². The summed E-state index contributed by atoms with van der Waals surface area (Å²) >= 11 is 0. The van der Waals surface area contributed by atoms with Crippen LogP contribution in [0.4, 0.5) is 0 Å². The number of nitrogens with one attached hydrogen (secondary N) is 1. The predicted octanol–water partition coefficient (Wildman–Crippen LogP) is -0.993. The molecule has 0 aromatic carbocycles. The maximum Gasteiger partial charge on any atom is 0.469 e. The van der Waals surface area contributed by atoms with Crippen LogP contribution in [0, 0.1) is 5.41 Å². The number of phosphoric acid groups is 1. The molecule has 4 N–H and O–H groups in total. The fourth-order valence-corrected chi connectivity index (χ4v) is 2.77. The van der Waals surface area contributed by atoms with Crippen LogP contribution in [0.25, 0.3) is 11.2 Å². The Morgan fingerprint density at radius 1 is 1.48 bits per heavy atom. The van der Waals surface area contributed by atoms with Crippen molar-refractivity contribution < 1.29 is 28.7 Å². The average molecular weight is 345 g/mol. The molecule has 11 nitrogen and oxygen atoms in total. The predicted molar refractivity (Wildman–Crippen MR) is 74.9 cm³/mol. The molecule has 0 bridgehead atoms. The number of aliphatic hydroxyl groups is 1. The third-order valence-electron chi connectivity index (χ3n) is 3.62. The lowest BCUT2D eigenvalue weighted by molar-refractivity contribution is -0.0424. The van der Waals surface area contributed by atoms with Gasteiger partial charge in [-0.1, -0.05) is 0 Å². The van der Waals surface area contributed by atoms with E-state index in [-0.39, 0.29) is 11.9 Å². The Hall–Kier alpha value is -1.62. The second-order valence-electron chi connectivity index (χ2n) is 5.25. The van der Waals surface area contributed by atoms with E-state index in [2.05, 4.69) is 14.5 Å². The molecule has 12 heteroatoms. The maximum atomic E-state index is 10.7. The highest BCUT2D eigenvalue weighted by Gasteiger charge is 2.37. The summed E-state index contributed by atoms with van der Waals surface area (Å²) in [5, 5.41) is 17.9. The molecule has 0 spiro atoms. The fourth-order valence-electron chi connectivity index (χ4n) is 2.43. The first-order valence-corrected chi connectivity index (χ1v) is 8.25. The van der Waals surface area contributed by atoms with E-state index in [4.69, 9.17) is 19.9 Å². The molecular weight excluding hydrogens is 329 g/mol. The number of imidazole rings is 1. The van der Waals surface area contributed by atoms with Gasteiger partial charge in [-0.3, -0.25) is 14.5 Å². The fraction of sp³-hybridized carbons (Fsp3) is 0.545. The quantitative estimate of drug-likeness (QED) is 0.515. The number of aliphatic hydroxyl groups excluding tert-OH is 1.